The average molecular weight is 400 g/mol. The summed E-state index contributed by atoms with van der Waals surface area (Å²) in [5, 5.41) is 11.1. The molecule has 3 aromatic rings. The third-order valence-electron chi connectivity index (χ3n) is 5.13. The topological polar surface area (TPSA) is 63.2 Å². The number of benzene rings is 2. The molecule has 1 aromatic heterocycles. The van der Waals surface area contributed by atoms with Crippen molar-refractivity contribution in [2.24, 2.45) is 4.99 Å². The molecule has 1 aliphatic carbocycles. The average Bonchev–Trinajstić information content (AvgIpc) is 3.38. The lowest BCUT2D eigenvalue weighted by molar-refractivity contribution is -0.137. The van der Waals surface area contributed by atoms with Gasteiger partial charge in [-0.15, -0.1) is 5.10 Å². The number of aliphatic imine (C=N–C) groups is 1. The highest BCUT2D eigenvalue weighted by Crippen LogP contribution is 2.53. The molecule has 0 bridgehead atoms. The third kappa shape index (κ3) is 3.87. The lowest BCUT2D eigenvalue weighted by atomic mass is 9.91. The van der Waals surface area contributed by atoms with Gasteiger partial charge in [0, 0.05) is 18.7 Å². The number of H-pyrrole nitrogens is 1. The molecular weight excluding hydrogens is 381 g/mol. The molecule has 0 saturated heterocycles. The van der Waals surface area contributed by atoms with Gasteiger partial charge in [-0.05, 0) is 48.2 Å². The molecule has 0 amide bonds. The molecule has 0 aliphatic heterocycles. The number of alkyl halides is 3. The van der Waals surface area contributed by atoms with Crippen LogP contribution in [0.15, 0.2) is 53.5 Å². The first-order valence-corrected chi connectivity index (χ1v) is 9.15. The van der Waals surface area contributed by atoms with E-state index < -0.39 is 11.7 Å². The summed E-state index contributed by atoms with van der Waals surface area (Å²) in [5.41, 5.74) is 2.68. The van der Waals surface area contributed by atoms with E-state index >= 15 is 0 Å². The number of aromatic nitrogens is 3. The molecule has 1 fully saturated rings. The van der Waals surface area contributed by atoms with E-state index in [9.17, 15) is 13.2 Å². The number of aromatic amines is 1. The number of halogens is 3. The molecule has 0 spiro atoms. The van der Waals surface area contributed by atoms with Crippen LogP contribution in [0.4, 0.5) is 13.2 Å². The van der Waals surface area contributed by atoms with Crippen molar-refractivity contribution in [1.29, 1.82) is 0 Å². The Kier molecular flexibility index (Phi) is 4.86. The van der Waals surface area contributed by atoms with Crippen LogP contribution in [0.25, 0.3) is 0 Å². The van der Waals surface area contributed by atoms with Gasteiger partial charge in [0.05, 0.1) is 5.56 Å². The van der Waals surface area contributed by atoms with Crippen LogP contribution in [0.3, 0.4) is 0 Å². The van der Waals surface area contributed by atoms with Crippen LogP contribution >= 0.6 is 0 Å². The molecule has 1 aliphatic rings. The van der Waals surface area contributed by atoms with Gasteiger partial charge in [-0.3, -0.25) is 10.1 Å². The van der Waals surface area contributed by atoms with Crippen LogP contribution < -0.4 is 4.74 Å². The molecule has 1 N–H and O–H groups in total. The Balaban J connectivity index is 1.44. The van der Waals surface area contributed by atoms with Crippen molar-refractivity contribution in [3.05, 3.63) is 76.6 Å². The largest absolute Gasteiger partial charge is 0.489 e. The summed E-state index contributed by atoms with van der Waals surface area (Å²) in [6.07, 6.45) is -0.649. The molecule has 1 heterocycles. The summed E-state index contributed by atoms with van der Waals surface area (Å²) in [5.74, 6) is 0.653. The maximum atomic E-state index is 12.6. The number of nitrogens with one attached hydrogen (secondary N) is 1. The summed E-state index contributed by atoms with van der Waals surface area (Å²) < 4.78 is 43.6. The van der Waals surface area contributed by atoms with Crippen molar-refractivity contribution < 1.29 is 17.9 Å². The van der Waals surface area contributed by atoms with Crippen LogP contribution in [0, 0.1) is 0 Å². The third-order valence-corrected chi connectivity index (χ3v) is 5.13. The van der Waals surface area contributed by atoms with Crippen LogP contribution in [-0.4, -0.2) is 28.7 Å². The van der Waals surface area contributed by atoms with Gasteiger partial charge in [-0.1, -0.05) is 29.5 Å². The van der Waals surface area contributed by atoms with E-state index in [1.807, 2.05) is 24.3 Å². The Hall–Kier alpha value is -3.16. The van der Waals surface area contributed by atoms with Crippen molar-refractivity contribution in [3.63, 3.8) is 0 Å². The SMILES string of the molecule is C/N=C\c1[nH]nnc1C1(c2ccc(OCc3ccc(C(F)(F)F)cc3)cc2)CC1. The number of rotatable bonds is 6. The first kappa shape index (κ1) is 19.2. The van der Waals surface area contributed by atoms with E-state index in [-0.39, 0.29) is 12.0 Å². The Morgan fingerprint density at radius 3 is 2.38 bits per heavy atom. The monoisotopic (exact) mass is 400 g/mol. The van der Waals surface area contributed by atoms with E-state index in [1.54, 1.807) is 13.3 Å². The Morgan fingerprint density at radius 1 is 1.10 bits per heavy atom. The van der Waals surface area contributed by atoms with Crippen molar-refractivity contribution in [2.45, 2.75) is 31.0 Å². The summed E-state index contributed by atoms with van der Waals surface area (Å²) in [6.45, 7) is 0.197. The standard InChI is InChI=1S/C21H19F3N4O/c1-25-12-18-19(27-28-26-18)20(10-11-20)15-6-8-17(9-7-15)29-13-14-2-4-16(5-3-14)21(22,23)24/h2-9,12H,10-11,13H2,1H3,(H,26,27,28)/b25-12-. The second-order valence-corrected chi connectivity index (χ2v) is 7.05. The van der Waals surface area contributed by atoms with Gasteiger partial charge in [-0.25, -0.2) is 0 Å². The molecule has 0 unspecified atom stereocenters. The molecule has 2 aromatic carbocycles. The Labute approximate surface area is 165 Å². The van der Waals surface area contributed by atoms with Crippen molar-refractivity contribution in [3.8, 4) is 5.75 Å². The second kappa shape index (κ2) is 7.35. The van der Waals surface area contributed by atoms with Gasteiger partial charge < -0.3 is 4.74 Å². The lowest BCUT2D eigenvalue weighted by Gasteiger charge is -2.15. The zero-order valence-electron chi connectivity index (χ0n) is 15.7. The molecule has 4 rings (SSSR count). The molecular formula is C21H19F3N4O. The number of hydrogen-bond donors (Lipinski definition) is 1. The van der Waals surface area contributed by atoms with Crippen molar-refractivity contribution in [1.82, 2.24) is 15.4 Å². The van der Waals surface area contributed by atoms with E-state index in [2.05, 4.69) is 20.4 Å². The maximum absolute atomic E-state index is 12.6. The first-order chi connectivity index (χ1) is 13.9. The van der Waals surface area contributed by atoms with E-state index in [1.165, 1.54) is 12.1 Å². The van der Waals surface area contributed by atoms with Crippen LogP contribution in [0.1, 0.15) is 40.9 Å². The predicted molar refractivity (Wildman–Crippen MR) is 102 cm³/mol. The van der Waals surface area contributed by atoms with Gasteiger partial charge in [-0.2, -0.15) is 13.2 Å². The van der Waals surface area contributed by atoms with Gasteiger partial charge >= 0.3 is 6.18 Å². The number of hydrogen-bond acceptors (Lipinski definition) is 4. The van der Waals surface area contributed by atoms with E-state index in [0.29, 0.717) is 11.3 Å². The van der Waals surface area contributed by atoms with Crippen LogP contribution in [0.2, 0.25) is 0 Å². The second-order valence-electron chi connectivity index (χ2n) is 7.05. The fraction of sp³-hybridized carbons (Fsp3) is 0.286. The number of ether oxygens (including phenoxy) is 1. The molecule has 1 saturated carbocycles. The summed E-state index contributed by atoms with van der Waals surface area (Å²) in [6, 6.07) is 12.7. The Morgan fingerprint density at radius 2 is 1.79 bits per heavy atom. The zero-order valence-corrected chi connectivity index (χ0v) is 15.7. The number of nitrogens with zero attached hydrogens (tertiary/aromatic N) is 3. The highest BCUT2D eigenvalue weighted by Gasteiger charge is 2.49. The van der Waals surface area contributed by atoms with Crippen molar-refractivity contribution in [2.75, 3.05) is 7.05 Å². The van der Waals surface area contributed by atoms with Crippen LogP contribution in [0.5, 0.6) is 5.75 Å². The van der Waals surface area contributed by atoms with Gasteiger partial charge in [0.15, 0.2) is 0 Å². The summed E-state index contributed by atoms with van der Waals surface area (Å²) in [7, 11) is 1.70. The molecule has 0 radical (unpaired) electrons. The maximum Gasteiger partial charge on any atom is 0.416 e. The lowest BCUT2D eigenvalue weighted by Crippen LogP contribution is -2.12. The minimum atomic E-state index is -4.33. The van der Waals surface area contributed by atoms with Gasteiger partial charge in [0.2, 0.25) is 0 Å². The smallest absolute Gasteiger partial charge is 0.416 e. The summed E-state index contributed by atoms with van der Waals surface area (Å²) >= 11 is 0. The summed E-state index contributed by atoms with van der Waals surface area (Å²) in [4.78, 5) is 4.04. The Bertz CT molecular complexity index is 1000. The fourth-order valence-electron chi connectivity index (χ4n) is 3.42. The quantitative estimate of drug-likeness (QED) is 0.619. The van der Waals surface area contributed by atoms with E-state index in [0.717, 1.165) is 41.9 Å². The molecule has 5 nitrogen and oxygen atoms in total. The predicted octanol–water partition coefficient (Wildman–Crippen LogP) is 4.53. The normalized spacial score (nSPS) is 15.6. The first-order valence-electron chi connectivity index (χ1n) is 9.15. The minimum Gasteiger partial charge on any atom is -0.489 e. The molecule has 0 atom stereocenters. The molecule has 29 heavy (non-hydrogen) atoms. The zero-order chi connectivity index (χ0) is 20.5. The fourth-order valence-corrected chi connectivity index (χ4v) is 3.42. The highest BCUT2D eigenvalue weighted by atomic mass is 19.4. The van der Waals surface area contributed by atoms with Crippen molar-refractivity contribution >= 4 is 6.21 Å². The molecule has 8 heteroatoms. The van der Waals surface area contributed by atoms with Gasteiger partial charge in [0.25, 0.3) is 0 Å². The molecule has 150 valence electrons. The van der Waals surface area contributed by atoms with Crippen LogP contribution in [-0.2, 0) is 18.2 Å². The van der Waals surface area contributed by atoms with E-state index in [4.69, 9.17) is 4.74 Å². The van der Waals surface area contributed by atoms with Gasteiger partial charge in [0.1, 0.15) is 23.7 Å². The minimum absolute atomic E-state index is 0.157. The highest BCUT2D eigenvalue weighted by molar-refractivity contribution is 5.79.